The third-order valence-corrected chi connectivity index (χ3v) is 4.52. The van der Waals surface area contributed by atoms with E-state index in [1.807, 2.05) is 18.0 Å². The molecule has 0 atom stereocenters. The zero-order valence-corrected chi connectivity index (χ0v) is 15.1. The van der Waals surface area contributed by atoms with Crippen molar-refractivity contribution in [3.8, 4) is 5.75 Å². The van der Waals surface area contributed by atoms with Crippen LogP contribution in [0.1, 0.15) is 20.7 Å². The van der Waals surface area contributed by atoms with Gasteiger partial charge in [0.15, 0.2) is 0 Å². The van der Waals surface area contributed by atoms with Crippen LogP contribution in [0, 0.1) is 0 Å². The Labute approximate surface area is 153 Å². The number of nitrogens with one attached hydrogen (secondary N) is 1. The largest absolute Gasteiger partial charge is 0.495 e. The van der Waals surface area contributed by atoms with E-state index in [-0.39, 0.29) is 11.8 Å². The van der Waals surface area contributed by atoms with E-state index < -0.39 is 0 Å². The first kappa shape index (κ1) is 17.9. The van der Waals surface area contributed by atoms with Gasteiger partial charge < -0.3 is 19.9 Å². The number of benzene rings is 2. The summed E-state index contributed by atoms with van der Waals surface area (Å²) in [5.74, 6) is 0.244. The van der Waals surface area contributed by atoms with Crippen molar-refractivity contribution in [3.63, 3.8) is 0 Å². The molecule has 2 aromatic rings. The number of nitrogens with zero attached hydrogens (tertiary/aromatic N) is 2. The topological polar surface area (TPSA) is 61.9 Å². The first-order chi connectivity index (χ1) is 12.6. The van der Waals surface area contributed by atoms with Crippen LogP contribution < -0.4 is 10.1 Å². The molecule has 1 aliphatic heterocycles. The molecule has 1 N–H and O–H groups in total. The Balaban J connectivity index is 1.80. The van der Waals surface area contributed by atoms with E-state index in [0.29, 0.717) is 35.7 Å². The summed E-state index contributed by atoms with van der Waals surface area (Å²) in [7, 11) is 3.59. The van der Waals surface area contributed by atoms with Crippen LogP contribution in [-0.4, -0.2) is 62.0 Å². The minimum atomic E-state index is -0.243. The quantitative estimate of drug-likeness (QED) is 0.916. The van der Waals surface area contributed by atoms with Crippen LogP contribution >= 0.6 is 0 Å². The second kappa shape index (κ2) is 8.01. The molecule has 0 spiro atoms. The molecule has 3 rings (SSSR count). The molecule has 0 radical (unpaired) electrons. The predicted molar refractivity (Wildman–Crippen MR) is 101 cm³/mol. The average Bonchev–Trinajstić information content (AvgIpc) is 2.68. The van der Waals surface area contributed by atoms with Crippen LogP contribution in [0.5, 0.6) is 5.75 Å². The van der Waals surface area contributed by atoms with Crippen molar-refractivity contribution in [2.24, 2.45) is 0 Å². The molecule has 0 unspecified atom stereocenters. The molecule has 0 aliphatic carbocycles. The molecule has 1 fully saturated rings. The highest BCUT2D eigenvalue weighted by molar-refractivity contribution is 6.06. The van der Waals surface area contributed by atoms with Crippen LogP contribution in [0.3, 0.4) is 0 Å². The van der Waals surface area contributed by atoms with Gasteiger partial charge in [0.1, 0.15) is 5.75 Å². The summed E-state index contributed by atoms with van der Waals surface area (Å²) in [5.41, 5.74) is 1.57. The lowest BCUT2D eigenvalue weighted by Gasteiger charge is -2.32. The minimum absolute atomic E-state index is 0.0315. The smallest absolute Gasteiger partial charge is 0.255 e. The van der Waals surface area contributed by atoms with Crippen molar-refractivity contribution in [1.82, 2.24) is 9.80 Å². The third kappa shape index (κ3) is 4.03. The number of piperazine rings is 1. The normalized spacial score (nSPS) is 14.8. The van der Waals surface area contributed by atoms with E-state index in [1.54, 1.807) is 42.5 Å². The maximum Gasteiger partial charge on any atom is 0.255 e. The van der Waals surface area contributed by atoms with Crippen molar-refractivity contribution in [2.45, 2.75) is 0 Å². The summed E-state index contributed by atoms with van der Waals surface area (Å²) in [5, 5.41) is 2.84. The van der Waals surface area contributed by atoms with E-state index in [9.17, 15) is 9.59 Å². The van der Waals surface area contributed by atoms with Crippen molar-refractivity contribution < 1.29 is 14.3 Å². The van der Waals surface area contributed by atoms with E-state index in [0.717, 1.165) is 13.1 Å². The molecule has 0 bridgehead atoms. The Morgan fingerprint density at radius 3 is 2.31 bits per heavy atom. The Hall–Kier alpha value is -2.86. The van der Waals surface area contributed by atoms with Gasteiger partial charge in [0.05, 0.1) is 12.8 Å². The number of likely N-dealkylation sites (N-methyl/N-ethyl adjacent to an activating group) is 1. The molecule has 2 amide bonds. The number of anilines is 1. The van der Waals surface area contributed by atoms with Gasteiger partial charge in [-0.1, -0.05) is 18.2 Å². The van der Waals surface area contributed by atoms with Gasteiger partial charge >= 0.3 is 0 Å². The predicted octanol–water partition coefficient (Wildman–Crippen LogP) is 2.34. The summed E-state index contributed by atoms with van der Waals surface area (Å²) in [6, 6.07) is 14.1. The Morgan fingerprint density at radius 1 is 0.962 bits per heavy atom. The molecule has 0 aromatic heterocycles. The summed E-state index contributed by atoms with van der Waals surface area (Å²) >= 11 is 0. The van der Waals surface area contributed by atoms with E-state index in [4.69, 9.17) is 4.74 Å². The lowest BCUT2D eigenvalue weighted by atomic mass is 10.1. The molecule has 1 aliphatic rings. The summed E-state index contributed by atoms with van der Waals surface area (Å²) in [4.78, 5) is 29.2. The number of carbonyl (C=O) groups excluding carboxylic acids is 2. The molecule has 26 heavy (non-hydrogen) atoms. The number of amides is 2. The number of hydrogen-bond acceptors (Lipinski definition) is 4. The SMILES string of the molecule is COc1ccc(C(=O)N2CCN(C)CC2)cc1NC(=O)c1ccccc1. The van der Waals surface area contributed by atoms with E-state index in [2.05, 4.69) is 10.2 Å². The van der Waals surface area contributed by atoms with Crippen LogP contribution in [0.2, 0.25) is 0 Å². The van der Waals surface area contributed by atoms with Crippen LogP contribution in [-0.2, 0) is 0 Å². The van der Waals surface area contributed by atoms with Crippen LogP contribution in [0.15, 0.2) is 48.5 Å². The Bertz CT molecular complexity index is 784. The highest BCUT2D eigenvalue weighted by atomic mass is 16.5. The van der Waals surface area contributed by atoms with Crippen LogP contribution in [0.25, 0.3) is 0 Å². The monoisotopic (exact) mass is 353 g/mol. The Kier molecular flexibility index (Phi) is 5.53. The fourth-order valence-corrected chi connectivity index (χ4v) is 2.91. The van der Waals surface area contributed by atoms with Crippen molar-refractivity contribution in [2.75, 3.05) is 45.7 Å². The molecule has 1 saturated heterocycles. The zero-order chi connectivity index (χ0) is 18.5. The number of hydrogen-bond donors (Lipinski definition) is 1. The van der Waals surface area contributed by atoms with E-state index in [1.165, 1.54) is 7.11 Å². The van der Waals surface area contributed by atoms with Gasteiger partial charge in [-0.25, -0.2) is 0 Å². The van der Waals surface area contributed by atoms with E-state index >= 15 is 0 Å². The van der Waals surface area contributed by atoms with Gasteiger partial charge in [-0.2, -0.15) is 0 Å². The zero-order valence-electron chi connectivity index (χ0n) is 15.1. The average molecular weight is 353 g/mol. The van der Waals surface area contributed by atoms with Crippen molar-refractivity contribution in [1.29, 1.82) is 0 Å². The molecular formula is C20H23N3O3. The highest BCUT2D eigenvalue weighted by Crippen LogP contribution is 2.27. The molecule has 1 heterocycles. The second-order valence-corrected chi connectivity index (χ2v) is 6.33. The number of methoxy groups -OCH3 is 1. The summed E-state index contributed by atoms with van der Waals surface area (Å²) in [6.07, 6.45) is 0. The van der Waals surface area contributed by atoms with Gasteiger partial charge in [0, 0.05) is 37.3 Å². The molecular weight excluding hydrogens is 330 g/mol. The van der Waals surface area contributed by atoms with Gasteiger partial charge in [-0.3, -0.25) is 9.59 Å². The standard InChI is InChI=1S/C20H23N3O3/c1-22-10-12-23(13-11-22)20(25)16-8-9-18(26-2)17(14-16)21-19(24)15-6-4-3-5-7-15/h3-9,14H,10-13H2,1-2H3,(H,21,24). The Morgan fingerprint density at radius 2 is 1.65 bits per heavy atom. The number of ether oxygens (including phenoxy) is 1. The van der Waals surface area contributed by atoms with Gasteiger partial charge in [0.25, 0.3) is 11.8 Å². The maximum absolute atomic E-state index is 12.8. The first-order valence-electron chi connectivity index (χ1n) is 8.61. The summed E-state index contributed by atoms with van der Waals surface area (Å²) < 4.78 is 5.33. The highest BCUT2D eigenvalue weighted by Gasteiger charge is 2.21. The second-order valence-electron chi connectivity index (χ2n) is 6.33. The third-order valence-electron chi connectivity index (χ3n) is 4.52. The van der Waals surface area contributed by atoms with Crippen molar-refractivity contribution >= 4 is 17.5 Å². The molecule has 0 saturated carbocycles. The molecule has 136 valence electrons. The van der Waals surface area contributed by atoms with Gasteiger partial charge in [-0.15, -0.1) is 0 Å². The fourth-order valence-electron chi connectivity index (χ4n) is 2.91. The molecule has 6 nitrogen and oxygen atoms in total. The summed E-state index contributed by atoms with van der Waals surface area (Å²) in [6.45, 7) is 3.12. The lowest BCUT2D eigenvalue weighted by Crippen LogP contribution is -2.47. The molecule has 6 heteroatoms. The maximum atomic E-state index is 12.8. The minimum Gasteiger partial charge on any atom is -0.495 e. The fraction of sp³-hybridized carbons (Fsp3) is 0.300. The first-order valence-corrected chi connectivity index (χ1v) is 8.61. The van der Waals surface area contributed by atoms with Gasteiger partial charge in [0.2, 0.25) is 0 Å². The van der Waals surface area contributed by atoms with Gasteiger partial charge in [-0.05, 0) is 37.4 Å². The van der Waals surface area contributed by atoms with Crippen molar-refractivity contribution in [3.05, 3.63) is 59.7 Å². The lowest BCUT2D eigenvalue weighted by molar-refractivity contribution is 0.0664. The number of carbonyl (C=O) groups is 2. The number of rotatable bonds is 4. The molecule has 2 aromatic carbocycles. The van der Waals surface area contributed by atoms with Crippen LogP contribution in [0.4, 0.5) is 5.69 Å².